The molecule has 0 aromatic heterocycles. The quantitative estimate of drug-likeness (QED) is 0.778. The van der Waals surface area contributed by atoms with Gasteiger partial charge in [0.2, 0.25) is 0 Å². The Morgan fingerprint density at radius 2 is 1.83 bits per heavy atom. The fourth-order valence-electron chi connectivity index (χ4n) is 2.30. The maximum Gasteiger partial charge on any atom is 0.432 e. The molecule has 0 saturated heterocycles. The summed E-state index contributed by atoms with van der Waals surface area (Å²) in [5, 5.41) is 9.36. The van der Waals surface area contributed by atoms with Crippen LogP contribution < -0.4 is 0 Å². The maximum atomic E-state index is 13.7. The van der Waals surface area contributed by atoms with Crippen LogP contribution in [-0.2, 0) is 19.9 Å². The highest BCUT2D eigenvalue weighted by atomic mass is 19.4. The summed E-state index contributed by atoms with van der Waals surface area (Å²) in [6, 6.07) is 6.63. The van der Waals surface area contributed by atoms with Crippen LogP contribution in [0.3, 0.4) is 0 Å². The SMILES string of the molecule is CC[C@H](C[C@H](C)O)OC(=O)[C@@](OC)(c1ccccc1)C(F)(F)F. The summed E-state index contributed by atoms with van der Waals surface area (Å²) in [6.07, 6.45) is -6.29. The van der Waals surface area contributed by atoms with E-state index < -0.39 is 30.0 Å². The summed E-state index contributed by atoms with van der Waals surface area (Å²) in [6.45, 7) is 3.13. The molecule has 130 valence electrons. The van der Waals surface area contributed by atoms with Gasteiger partial charge < -0.3 is 14.6 Å². The molecule has 1 aromatic carbocycles. The van der Waals surface area contributed by atoms with E-state index in [2.05, 4.69) is 4.74 Å². The average Bonchev–Trinajstić information content (AvgIpc) is 2.47. The van der Waals surface area contributed by atoms with Crippen LogP contribution in [0.5, 0.6) is 0 Å². The number of carbonyl (C=O) groups excluding carboxylic acids is 1. The van der Waals surface area contributed by atoms with Crippen LogP contribution in [0.4, 0.5) is 13.2 Å². The van der Waals surface area contributed by atoms with Gasteiger partial charge in [-0.3, -0.25) is 0 Å². The first-order valence-electron chi connectivity index (χ1n) is 7.25. The molecule has 1 N–H and O–H groups in total. The largest absolute Gasteiger partial charge is 0.460 e. The summed E-state index contributed by atoms with van der Waals surface area (Å²) in [5.74, 6) is -1.54. The zero-order valence-electron chi connectivity index (χ0n) is 13.3. The first-order chi connectivity index (χ1) is 10.7. The highest BCUT2D eigenvalue weighted by molar-refractivity contribution is 5.82. The number of alkyl halides is 3. The number of hydrogen-bond acceptors (Lipinski definition) is 4. The van der Waals surface area contributed by atoms with E-state index in [1.165, 1.54) is 25.1 Å². The molecule has 0 aliphatic heterocycles. The van der Waals surface area contributed by atoms with Gasteiger partial charge in [-0.2, -0.15) is 13.2 Å². The fourth-order valence-corrected chi connectivity index (χ4v) is 2.30. The highest BCUT2D eigenvalue weighted by Gasteiger charge is 2.64. The number of esters is 1. The van der Waals surface area contributed by atoms with Crippen LogP contribution in [0, 0.1) is 0 Å². The van der Waals surface area contributed by atoms with Gasteiger partial charge in [0, 0.05) is 19.1 Å². The van der Waals surface area contributed by atoms with Gasteiger partial charge in [-0.1, -0.05) is 37.3 Å². The van der Waals surface area contributed by atoms with Crippen molar-refractivity contribution in [1.29, 1.82) is 0 Å². The number of halogens is 3. The van der Waals surface area contributed by atoms with E-state index in [-0.39, 0.29) is 18.4 Å². The Bertz CT molecular complexity index is 502. The Hall–Kier alpha value is -1.60. The van der Waals surface area contributed by atoms with Crippen molar-refractivity contribution in [3.63, 3.8) is 0 Å². The van der Waals surface area contributed by atoms with Crippen molar-refractivity contribution in [2.24, 2.45) is 0 Å². The van der Waals surface area contributed by atoms with Gasteiger partial charge in [-0.15, -0.1) is 0 Å². The number of methoxy groups -OCH3 is 1. The topological polar surface area (TPSA) is 55.8 Å². The molecule has 1 rings (SSSR count). The predicted molar refractivity (Wildman–Crippen MR) is 77.7 cm³/mol. The molecule has 0 unspecified atom stereocenters. The number of ether oxygens (including phenoxy) is 2. The lowest BCUT2D eigenvalue weighted by molar-refractivity contribution is -0.278. The first kappa shape index (κ1) is 19.4. The molecule has 3 atom stereocenters. The molecular formula is C16H21F3O4. The van der Waals surface area contributed by atoms with Gasteiger partial charge in [0.25, 0.3) is 5.60 Å². The molecule has 1 aromatic rings. The molecule has 0 bridgehead atoms. The summed E-state index contributed by atoms with van der Waals surface area (Å²) in [7, 11) is 0.817. The molecule has 0 aliphatic rings. The second-order valence-corrected chi connectivity index (χ2v) is 5.27. The molecule has 0 fully saturated rings. The molecule has 0 aliphatic carbocycles. The lowest BCUT2D eigenvalue weighted by Crippen LogP contribution is -2.52. The van der Waals surface area contributed by atoms with Gasteiger partial charge in [0.05, 0.1) is 6.10 Å². The van der Waals surface area contributed by atoms with Crippen molar-refractivity contribution < 1.29 is 32.5 Å². The molecule has 0 amide bonds. The van der Waals surface area contributed by atoms with Crippen LogP contribution in [0.25, 0.3) is 0 Å². The Morgan fingerprint density at radius 1 is 1.26 bits per heavy atom. The van der Waals surface area contributed by atoms with E-state index in [1.54, 1.807) is 6.92 Å². The zero-order valence-corrected chi connectivity index (χ0v) is 13.3. The predicted octanol–water partition coefficient (Wildman–Crippen LogP) is 3.18. The number of hydrogen-bond donors (Lipinski definition) is 1. The molecule has 0 radical (unpaired) electrons. The van der Waals surface area contributed by atoms with Crippen LogP contribution in [0.2, 0.25) is 0 Å². The minimum absolute atomic E-state index is 0.0503. The number of aliphatic hydroxyl groups is 1. The van der Waals surface area contributed by atoms with Gasteiger partial charge in [0.15, 0.2) is 0 Å². The van der Waals surface area contributed by atoms with Gasteiger partial charge in [-0.25, -0.2) is 4.79 Å². The van der Waals surface area contributed by atoms with E-state index in [1.807, 2.05) is 0 Å². The molecule has 4 nitrogen and oxygen atoms in total. The summed E-state index contributed by atoms with van der Waals surface area (Å²) in [5.41, 5.74) is -3.55. The lowest BCUT2D eigenvalue weighted by atomic mass is 9.92. The van der Waals surface area contributed by atoms with Crippen molar-refractivity contribution in [3.8, 4) is 0 Å². The average molecular weight is 334 g/mol. The normalized spacial score (nSPS) is 17.2. The summed E-state index contributed by atoms with van der Waals surface area (Å²) < 4.78 is 50.6. The number of carbonyl (C=O) groups is 1. The highest BCUT2D eigenvalue weighted by Crippen LogP contribution is 2.43. The standard InChI is InChI=1S/C16H21F3O4/c1-4-13(10-11(2)20)23-14(21)15(22-3,16(17,18)19)12-8-6-5-7-9-12/h5-9,11,13,20H,4,10H2,1-3H3/t11-,13+,15-/m0/s1. The fraction of sp³-hybridized carbons (Fsp3) is 0.562. The van der Waals surface area contributed by atoms with Crippen LogP contribution in [-0.4, -0.2) is 36.6 Å². The third-order valence-electron chi connectivity index (χ3n) is 3.51. The second kappa shape index (κ2) is 7.79. The molecule has 0 saturated carbocycles. The molecule has 23 heavy (non-hydrogen) atoms. The van der Waals surface area contributed by atoms with E-state index in [0.29, 0.717) is 0 Å². The second-order valence-electron chi connectivity index (χ2n) is 5.27. The summed E-state index contributed by atoms with van der Waals surface area (Å²) in [4.78, 5) is 12.3. The number of rotatable bonds is 7. The lowest BCUT2D eigenvalue weighted by Gasteiger charge is -2.33. The molecule has 7 heteroatoms. The third kappa shape index (κ3) is 4.23. The van der Waals surface area contributed by atoms with E-state index in [4.69, 9.17) is 4.74 Å². The Labute approximate surface area is 133 Å². The third-order valence-corrected chi connectivity index (χ3v) is 3.51. The summed E-state index contributed by atoms with van der Waals surface area (Å²) >= 11 is 0. The van der Waals surface area contributed by atoms with Crippen molar-refractivity contribution in [2.45, 2.75) is 50.7 Å². The van der Waals surface area contributed by atoms with Gasteiger partial charge in [0.1, 0.15) is 6.10 Å². The van der Waals surface area contributed by atoms with Crippen molar-refractivity contribution >= 4 is 5.97 Å². The Balaban J connectivity index is 3.22. The van der Waals surface area contributed by atoms with Gasteiger partial charge >= 0.3 is 12.1 Å². The van der Waals surface area contributed by atoms with Gasteiger partial charge in [-0.05, 0) is 13.3 Å². The monoisotopic (exact) mass is 334 g/mol. The number of benzene rings is 1. The van der Waals surface area contributed by atoms with Crippen molar-refractivity contribution in [2.75, 3.05) is 7.11 Å². The molecule has 0 spiro atoms. The van der Waals surface area contributed by atoms with E-state index in [0.717, 1.165) is 19.2 Å². The smallest absolute Gasteiger partial charge is 0.432 e. The first-order valence-corrected chi connectivity index (χ1v) is 7.25. The molecule has 0 heterocycles. The zero-order chi connectivity index (χ0) is 17.7. The Kier molecular flexibility index (Phi) is 6.58. The van der Waals surface area contributed by atoms with Crippen molar-refractivity contribution in [3.05, 3.63) is 35.9 Å². The van der Waals surface area contributed by atoms with Crippen molar-refractivity contribution in [1.82, 2.24) is 0 Å². The van der Waals surface area contributed by atoms with E-state index >= 15 is 0 Å². The van der Waals surface area contributed by atoms with Crippen LogP contribution in [0.1, 0.15) is 32.3 Å². The van der Waals surface area contributed by atoms with Crippen LogP contribution in [0.15, 0.2) is 30.3 Å². The minimum atomic E-state index is -5.00. The maximum absolute atomic E-state index is 13.7. The van der Waals surface area contributed by atoms with Crippen LogP contribution >= 0.6 is 0 Å². The number of aliphatic hydroxyl groups excluding tert-OH is 1. The minimum Gasteiger partial charge on any atom is -0.460 e. The Morgan fingerprint density at radius 3 is 2.22 bits per heavy atom. The van der Waals surface area contributed by atoms with E-state index in [9.17, 15) is 23.1 Å². The molecular weight excluding hydrogens is 313 g/mol.